The molecule has 154 valence electrons. The summed E-state index contributed by atoms with van der Waals surface area (Å²) in [5, 5.41) is 0. The first-order chi connectivity index (χ1) is 13.0. The summed E-state index contributed by atoms with van der Waals surface area (Å²) in [5.41, 5.74) is -0.919. The maximum absolute atomic E-state index is 13.6. The van der Waals surface area contributed by atoms with E-state index in [-0.39, 0.29) is 31.7 Å². The monoisotopic (exact) mass is 400 g/mol. The zero-order valence-corrected chi connectivity index (χ0v) is 16.1. The second kappa shape index (κ2) is 8.62. The highest BCUT2D eigenvalue weighted by Crippen LogP contribution is 2.16. The Morgan fingerprint density at radius 1 is 0.929 bits per heavy atom. The first-order valence-electron chi connectivity index (χ1n) is 8.87. The van der Waals surface area contributed by atoms with E-state index < -0.39 is 53.7 Å². The highest BCUT2D eigenvalue weighted by atomic mass is 19.2. The number of Topliss-reactive ketones (excluding diaryl/α,β-unsaturated/α-hetero) is 1. The van der Waals surface area contributed by atoms with Gasteiger partial charge in [-0.1, -0.05) is 0 Å². The highest BCUT2D eigenvalue weighted by molar-refractivity contribution is 5.99. The van der Waals surface area contributed by atoms with E-state index in [0.29, 0.717) is 12.1 Å². The first-order valence-corrected chi connectivity index (χ1v) is 8.87. The van der Waals surface area contributed by atoms with Gasteiger partial charge in [0.2, 0.25) is 5.91 Å². The summed E-state index contributed by atoms with van der Waals surface area (Å²) in [5.74, 6) is -4.70. The number of hydrogen-bond acceptors (Lipinski definition) is 4. The molecule has 1 aromatic rings. The number of carbonyl (C=O) groups is 3. The van der Waals surface area contributed by atoms with E-state index in [9.17, 15) is 27.6 Å². The highest BCUT2D eigenvalue weighted by Gasteiger charge is 2.28. The summed E-state index contributed by atoms with van der Waals surface area (Å²) >= 11 is 0. The van der Waals surface area contributed by atoms with E-state index in [1.54, 1.807) is 20.8 Å². The number of ketones is 1. The van der Waals surface area contributed by atoms with Crippen LogP contribution in [0.25, 0.3) is 0 Å². The molecule has 6 nitrogen and oxygen atoms in total. The van der Waals surface area contributed by atoms with Crippen molar-refractivity contribution in [2.24, 2.45) is 0 Å². The number of ether oxygens (including phenoxy) is 1. The van der Waals surface area contributed by atoms with Gasteiger partial charge in [0.1, 0.15) is 17.2 Å². The molecule has 2 rings (SSSR count). The van der Waals surface area contributed by atoms with E-state index in [0.717, 1.165) is 0 Å². The van der Waals surface area contributed by atoms with Crippen LogP contribution in [-0.4, -0.2) is 59.4 Å². The number of benzene rings is 1. The lowest BCUT2D eigenvalue weighted by Crippen LogP contribution is -2.51. The van der Waals surface area contributed by atoms with E-state index in [2.05, 4.69) is 0 Å². The van der Waals surface area contributed by atoms with Crippen LogP contribution >= 0.6 is 0 Å². The summed E-state index contributed by atoms with van der Waals surface area (Å²) in [6.07, 6.45) is -1.46. The molecule has 9 heteroatoms. The fraction of sp³-hybridized carbons (Fsp3) is 0.526. The van der Waals surface area contributed by atoms with Crippen LogP contribution in [0, 0.1) is 17.5 Å². The smallest absolute Gasteiger partial charge is 0.410 e. The van der Waals surface area contributed by atoms with Crippen LogP contribution in [0.5, 0.6) is 0 Å². The van der Waals surface area contributed by atoms with Crippen molar-refractivity contribution in [1.82, 2.24) is 9.80 Å². The van der Waals surface area contributed by atoms with Crippen molar-refractivity contribution in [2.75, 3.05) is 26.2 Å². The number of nitrogens with zero attached hydrogens (tertiary/aromatic N) is 2. The zero-order chi connectivity index (χ0) is 21.1. The molecule has 0 radical (unpaired) electrons. The molecule has 0 saturated carbocycles. The summed E-state index contributed by atoms with van der Waals surface area (Å²) in [6.45, 7) is 6.29. The van der Waals surface area contributed by atoms with E-state index in [1.807, 2.05) is 0 Å². The van der Waals surface area contributed by atoms with Crippen LogP contribution in [0.1, 0.15) is 32.8 Å². The number of halogens is 3. The number of amides is 2. The SMILES string of the molecule is CC(C)(C)OC(=O)N1CCN(C(=O)CC(=O)Cc2cc(F)c(F)cc2F)CC1. The Balaban J connectivity index is 1.85. The Labute approximate surface area is 161 Å². The second-order valence-corrected chi connectivity index (χ2v) is 7.60. The van der Waals surface area contributed by atoms with Crippen LogP contribution in [0.2, 0.25) is 0 Å². The van der Waals surface area contributed by atoms with E-state index in [4.69, 9.17) is 4.74 Å². The van der Waals surface area contributed by atoms with E-state index in [1.165, 1.54) is 9.80 Å². The molecule has 0 unspecified atom stereocenters. The van der Waals surface area contributed by atoms with Gasteiger partial charge < -0.3 is 14.5 Å². The van der Waals surface area contributed by atoms with Gasteiger partial charge in [0.15, 0.2) is 11.6 Å². The topological polar surface area (TPSA) is 66.9 Å². The molecule has 28 heavy (non-hydrogen) atoms. The van der Waals surface area contributed by atoms with Crippen LogP contribution in [0.4, 0.5) is 18.0 Å². The van der Waals surface area contributed by atoms with Crippen molar-refractivity contribution in [2.45, 2.75) is 39.2 Å². The van der Waals surface area contributed by atoms with Gasteiger partial charge >= 0.3 is 6.09 Å². The molecule has 0 spiro atoms. The lowest BCUT2D eigenvalue weighted by Gasteiger charge is -2.35. The first kappa shape index (κ1) is 21.7. The van der Waals surface area contributed by atoms with Crippen LogP contribution in [0.3, 0.4) is 0 Å². The molecule has 0 aromatic heterocycles. The number of rotatable bonds is 4. The van der Waals surface area contributed by atoms with Crippen LogP contribution in [-0.2, 0) is 20.7 Å². The summed E-state index contributed by atoms with van der Waals surface area (Å²) in [6, 6.07) is 0.988. The largest absolute Gasteiger partial charge is 0.444 e. The van der Waals surface area contributed by atoms with Crippen molar-refractivity contribution >= 4 is 17.8 Å². The van der Waals surface area contributed by atoms with Gasteiger partial charge in [-0.3, -0.25) is 9.59 Å². The van der Waals surface area contributed by atoms with Crippen molar-refractivity contribution < 1.29 is 32.3 Å². The van der Waals surface area contributed by atoms with Gasteiger partial charge in [-0.15, -0.1) is 0 Å². The molecule has 0 aliphatic carbocycles. The van der Waals surface area contributed by atoms with Crippen molar-refractivity contribution in [3.8, 4) is 0 Å². The number of hydrogen-bond donors (Lipinski definition) is 0. The van der Waals surface area contributed by atoms with Crippen LogP contribution in [0.15, 0.2) is 12.1 Å². The fourth-order valence-electron chi connectivity index (χ4n) is 2.72. The van der Waals surface area contributed by atoms with Crippen molar-refractivity contribution in [3.05, 3.63) is 35.1 Å². The maximum Gasteiger partial charge on any atom is 0.410 e. The Kier molecular flexibility index (Phi) is 6.69. The van der Waals surface area contributed by atoms with Crippen molar-refractivity contribution in [1.29, 1.82) is 0 Å². The second-order valence-electron chi connectivity index (χ2n) is 7.60. The average Bonchev–Trinajstić information content (AvgIpc) is 2.58. The lowest BCUT2D eigenvalue weighted by atomic mass is 10.1. The molecule has 2 amide bonds. The molecule has 1 saturated heterocycles. The van der Waals surface area contributed by atoms with Gasteiger partial charge in [0, 0.05) is 38.7 Å². The summed E-state index contributed by atoms with van der Waals surface area (Å²) < 4.78 is 45.0. The van der Waals surface area contributed by atoms with Gasteiger partial charge in [0.25, 0.3) is 0 Å². The molecule has 1 fully saturated rings. The molecule has 1 aliphatic heterocycles. The van der Waals surface area contributed by atoms with Gasteiger partial charge in [-0.2, -0.15) is 0 Å². The van der Waals surface area contributed by atoms with Gasteiger partial charge in [-0.05, 0) is 32.4 Å². The molecule has 0 bridgehead atoms. The number of carbonyl (C=O) groups excluding carboxylic acids is 3. The maximum atomic E-state index is 13.6. The third-order valence-corrected chi connectivity index (χ3v) is 4.11. The quantitative estimate of drug-likeness (QED) is 0.576. The Hall–Kier alpha value is -2.58. The molecular weight excluding hydrogens is 377 g/mol. The fourth-order valence-corrected chi connectivity index (χ4v) is 2.72. The average molecular weight is 400 g/mol. The minimum absolute atomic E-state index is 0.241. The molecule has 0 N–H and O–H groups in total. The molecule has 0 atom stereocenters. The molecule has 1 heterocycles. The minimum atomic E-state index is -1.34. The van der Waals surface area contributed by atoms with Gasteiger partial charge in [-0.25, -0.2) is 18.0 Å². The third-order valence-electron chi connectivity index (χ3n) is 4.11. The summed E-state index contributed by atoms with van der Waals surface area (Å²) in [7, 11) is 0. The lowest BCUT2D eigenvalue weighted by molar-refractivity contribution is -0.136. The third kappa shape index (κ3) is 5.97. The standard InChI is InChI=1S/C19H23F3N2O4/c1-19(2,3)28-18(27)24-6-4-23(5-7-24)17(26)10-13(25)8-12-9-15(21)16(22)11-14(12)20/h9,11H,4-8,10H2,1-3H3. The van der Waals surface area contributed by atoms with Gasteiger partial charge in [0.05, 0.1) is 6.42 Å². The molecule has 1 aliphatic rings. The molecule has 1 aromatic carbocycles. The summed E-state index contributed by atoms with van der Waals surface area (Å²) in [4.78, 5) is 39.2. The van der Waals surface area contributed by atoms with E-state index >= 15 is 0 Å². The van der Waals surface area contributed by atoms with Crippen molar-refractivity contribution in [3.63, 3.8) is 0 Å². The predicted molar refractivity (Wildman–Crippen MR) is 94.0 cm³/mol. The van der Waals surface area contributed by atoms with Crippen LogP contribution < -0.4 is 0 Å². The Morgan fingerprint density at radius 3 is 2.04 bits per heavy atom. The molecular formula is C19H23F3N2O4. The normalized spacial score (nSPS) is 14.8. The predicted octanol–water partition coefficient (Wildman–Crippen LogP) is 2.68. The number of piperazine rings is 1. The Bertz CT molecular complexity index is 769. The minimum Gasteiger partial charge on any atom is -0.444 e. The zero-order valence-electron chi connectivity index (χ0n) is 16.1. The Morgan fingerprint density at radius 2 is 1.46 bits per heavy atom.